The average Bonchev–Trinajstić information content (AvgIpc) is 3.24. The fourth-order valence-electron chi connectivity index (χ4n) is 4.15. The Morgan fingerprint density at radius 3 is 2.58 bits per heavy atom. The van der Waals surface area contributed by atoms with Gasteiger partial charge in [0.15, 0.2) is 0 Å². The third kappa shape index (κ3) is 5.68. The van der Waals surface area contributed by atoms with E-state index in [0.717, 1.165) is 12.2 Å². The lowest BCUT2D eigenvalue weighted by Crippen LogP contribution is -2.42. The monoisotopic (exact) mass is 448 g/mol. The normalized spacial score (nSPS) is 20.9. The summed E-state index contributed by atoms with van der Waals surface area (Å²) in [6.45, 7) is 6.97. The number of hydrogen-bond donors (Lipinski definition) is 1. The Morgan fingerprint density at radius 1 is 1.26 bits per heavy atom. The first kappa shape index (κ1) is 23.3. The van der Waals surface area contributed by atoms with Gasteiger partial charge in [-0.3, -0.25) is 4.79 Å². The molecule has 1 aromatic carbocycles. The first-order valence-electron chi connectivity index (χ1n) is 10.7. The standard InChI is InChI=1S/C23H32N2O5S/c1-16-12-17(2)15-25(14-16)31(27,28)22-13-19(8-10-21(22)29-4)23(26)24-18(3)7-9-20-6-5-11-30-20/h5-6,8,10-11,13,16-18H,7,9,12,14-15H2,1-4H3,(H,24,26). The molecule has 1 amide bonds. The van der Waals surface area contributed by atoms with E-state index >= 15 is 0 Å². The van der Waals surface area contributed by atoms with Gasteiger partial charge in [-0.1, -0.05) is 13.8 Å². The van der Waals surface area contributed by atoms with Crippen LogP contribution >= 0.6 is 0 Å². The summed E-state index contributed by atoms with van der Waals surface area (Å²) in [5.41, 5.74) is 0.294. The highest BCUT2D eigenvalue weighted by atomic mass is 32.2. The number of methoxy groups -OCH3 is 1. The Hall–Kier alpha value is -2.32. The molecule has 0 aliphatic carbocycles. The zero-order valence-corrected chi connectivity index (χ0v) is 19.4. The Labute approximate surface area is 184 Å². The van der Waals surface area contributed by atoms with Gasteiger partial charge in [-0.15, -0.1) is 0 Å². The third-order valence-electron chi connectivity index (χ3n) is 5.66. The number of piperidine rings is 1. The fraction of sp³-hybridized carbons (Fsp3) is 0.522. The van der Waals surface area contributed by atoms with E-state index in [4.69, 9.17) is 9.15 Å². The van der Waals surface area contributed by atoms with E-state index in [2.05, 4.69) is 19.2 Å². The van der Waals surface area contributed by atoms with Crippen LogP contribution in [0.2, 0.25) is 0 Å². The molecule has 0 bridgehead atoms. The van der Waals surface area contributed by atoms with Crippen LogP contribution in [-0.4, -0.2) is 44.9 Å². The van der Waals surface area contributed by atoms with E-state index in [1.807, 2.05) is 19.1 Å². The van der Waals surface area contributed by atoms with Crippen molar-refractivity contribution in [3.63, 3.8) is 0 Å². The summed E-state index contributed by atoms with van der Waals surface area (Å²) in [6, 6.07) is 8.20. The predicted octanol–water partition coefficient (Wildman–Crippen LogP) is 3.71. The van der Waals surface area contributed by atoms with Crippen LogP contribution in [0.5, 0.6) is 5.75 Å². The van der Waals surface area contributed by atoms with Crippen molar-refractivity contribution in [2.24, 2.45) is 11.8 Å². The Balaban J connectivity index is 1.77. The molecule has 0 radical (unpaired) electrons. The summed E-state index contributed by atoms with van der Waals surface area (Å²) in [5, 5.41) is 2.94. The highest BCUT2D eigenvalue weighted by Crippen LogP contribution is 2.32. The number of ether oxygens (including phenoxy) is 1. The molecule has 1 aliphatic rings. The van der Waals surface area contributed by atoms with Crippen molar-refractivity contribution in [1.29, 1.82) is 0 Å². The van der Waals surface area contributed by atoms with E-state index in [1.54, 1.807) is 18.4 Å². The smallest absolute Gasteiger partial charge is 0.251 e. The number of aryl methyl sites for hydroxylation is 1. The van der Waals surface area contributed by atoms with Crippen molar-refractivity contribution in [3.05, 3.63) is 47.9 Å². The zero-order valence-electron chi connectivity index (χ0n) is 18.6. The minimum Gasteiger partial charge on any atom is -0.495 e. The van der Waals surface area contributed by atoms with Crippen LogP contribution in [0.25, 0.3) is 0 Å². The summed E-state index contributed by atoms with van der Waals surface area (Å²) in [6.07, 6.45) is 4.05. The second-order valence-electron chi connectivity index (χ2n) is 8.63. The number of carbonyl (C=O) groups is 1. The van der Waals surface area contributed by atoms with Crippen LogP contribution in [0, 0.1) is 11.8 Å². The molecule has 1 saturated heterocycles. The van der Waals surface area contributed by atoms with Crippen LogP contribution < -0.4 is 10.1 Å². The highest BCUT2D eigenvalue weighted by molar-refractivity contribution is 7.89. The van der Waals surface area contributed by atoms with Crippen LogP contribution in [0.1, 0.15) is 49.7 Å². The number of furan rings is 1. The van der Waals surface area contributed by atoms with Gasteiger partial charge in [0.05, 0.1) is 13.4 Å². The molecule has 1 aliphatic heterocycles. The maximum Gasteiger partial charge on any atom is 0.251 e. The van der Waals surface area contributed by atoms with E-state index in [-0.39, 0.29) is 34.4 Å². The zero-order chi connectivity index (χ0) is 22.6. The number of sulfonamides is 1. The highest BCUT2D eigenvalue weighted by Gasteiger charge is 2.34. The lowest BCUT2D eigenvalue weighted by Gasteiger charge is -2.34. The van der Waals surface area contributed by atoms with Gasteiger partial charge in [0.2, 0.25) is 10.0 Å². The largest absolute Gasteiger partial charge is 0.495 e. The quantitative estimate of drug-likeness (QED) is 0.665. The fourth-order valence-corrected chi connectivity index (χ4v) is 6.01. The molecule has 0 saturated carbocycles. The molecule has 2 aromatic rings. The lowest BCUT2D eigenvalue weighted by molar-refractivity contribution is 0.0938. The minimum absolute atomic E-state index is 0.0344. The topological polar surface area (TPSA) is 88.8 Å². The lowest BCUT2D eigenvalue weighted by atomic mass is 9.94. The molecule has 1 aromatic heterocycles. The van der Waals surface area contributed by atoms with Crippen molar-refractivity contribution in [1.82, 2.24) is 9.62 Å². The summed E-state index contributed by atoms with van der Waals surface area (Å²) < 4.78 is 38.9. The van der Waals surface area contributed by atoms with E-state index in [1.165, 1.54) is 17.5 Å². The molecule has 8 heteroatoms. The van der Waals surface area contributed by atoms with Crippen LogP contribution in [-0.2, 0) is 16.4 Å². The summed E-state index contributed by atoms with van der Waals surface area (Å²) in [4.78, 5) is 12.8. The molecule has 3 atom stereocenters. The molecule has 1 fully saturated rings. The van der Waals surface area contributed by atoms with Crippen molar-refractivity contribution in [2.75, 3.05) is 20.2 Å². The first-order chi connectivity index (χ1) is 14.7. The van der Waals surface area contributed by atoms with E-state index < -0.39 is 10.0 Å². The number of amides is 1. The summed E-state index contributed by atoms with van der Waals surface area (Å²) in [7, 11) is -2.34. The average molecular weight is 449 g/mol. The van der Waals surface area contributed by atoms with Gasteiger partial charge in [-0.25, -0.2) is 8.42 Å². The Kier molecular flexibility index (Phi) is 7.43. The summed E-state index contributed by atoms with van der Waals surface area (Å²) >= 11 is 0. The maximum absolute atomic E-state index is 13.4. The van der Waals surface area contributed by atoms with Gasteiger partial charge in [-0.05, 0) is 61.9 Å². The van der Waals surface area contributed by atoms with Crippen molar-refractivity contribution < 1.29 is 22.4 Å². The number of rotatable bonds is 8. The molecule has 2 heterocycles. The molecule has 3 rings (SSSR count). The third-order valence-corrected chi connectivity index (χ3v) is 7.51. The maximum atomic E-state index is 13.4. The molecule has 0 spiro atoms. The number of benzene rings is 1. The van der Waals surface area contributed by atoms with Gasteiger partial charge < -0.3 is 14.5 Å². The van der Waals surface area contributed by atoms with Gasteiger partial charge in [0.1, 0.15) is 16.4 Å². The second kappa shape index (κ2) is 9.87. The minimum atomic E-state index is -3.78. The van der Waals surface area contributed by atoms with Crippen LogP contribution in [0.3, 0.4) is 0 Å². The van der Waals surface area contributed by atoms with Crippen LogP contribution in [0.4, 0.5) is 0 Å². The summed E-state index contributed by atoms with van der Waals surface area (Å²) in [5.74, 6) is 1.36. The van der Waals surface area contributed by atoms with Gasteiger partial charge in [-0.2, -0.15) is 4.31 Å². The number of nitrogens with zero attached hydrogens (tertiary/aromatic N) is 1. The predicted molar refractivity (Wildman–Crippen MR) is 119 cm³/mol. The molecule has 3 unspecified atom stereocenters. The van der Waals surface area contributed by atoms with E-state index in [0.29, 0.717) is 31.5 Å². The first-order valence-corrected chi connectivity index (χ1v) is 12.2. The van der Waals surface area contributed by atoms with Crippen LogP contribution in [0.15, 0.2) is 45.9 Å². The molecular formula is C23H32N2O5S. The molecule has 7 nitrogen and oxygen atoms in total. The number of nitrogens with one attached hydrogen (secondary N) is 1. The van der Waals surface area contributed by atoms with Crippen molar-refractivity contribution >= 4 is 15.9 Å². The molecule has 31 heavy (non-hydrogen) atoms. The van der Waals surface area contributed by atoms with Gasteiger partial charge in [0.25, 0.3) is 5.91 Å². The van der Waals surface area contributed by atoms with Crippen molar-refractivity contribution in [3.8, 4) is 5.75 Å². The molecule has 1 N–H and O–H groups in total. The molecule has 170 valence electrons. The Morgan fingerprint density at radius 2 is 1.97 bits per heavy atom. The van der Waals surface area contributed by atoms with Crippen molar-refractivity contribution in [2.45, 2.75) is 51.0 Å². The number of hydrogen-bond acceptors (Lipinski definition) is 5. The number of carbonyl (C=O) groups excluding carboxylic acids is 1. The second-order valence-corrected chi connectivity index (χ2v) is 10.5. The Bertz CT molecular complexity index is 977. The van der Waals surface area contributed by atoms with Gasteiger partial charge in [0, 0.05) is 31.1 Å². The molecular weight excluding hydrogens is 416 g/mol. The van der Waals surface area contributed by atoms with Gasteiger partial charge >= 0.3 is 0 Å². The SMILES string of the molecule is COc1ccc(C(=O)NC(C)CCc2ccco2)cc1S(=O)(=O)N1CC(C)CC(C)C1. The van der Waals surface area contributed by atoms with E-state index in [9.17, 15) is 13.2 Å².